The smallest absolute Gasteiger partial charge is 0.253 e. The second-order valence-electron chi connectivity index (χ2n) is 8.73. The van der Waals surface area contributed by atoms with Crippen LogP contribution in [0.15, 0.2) is 34.1 Å². The van der Waals surface area contributed by atoms with Gasteiger partial charge in [0.05, 0.1) is 19.0 Å². The molecule has 1 aromatic carbocycles. The molecule has 0 radical (unpaired) electrons. The van der Waals surface area contributed by atoms with Crippen LogP contribution in [0.4, 0.5) is 17.1 Å². The summed E-state index contributed by atoms with van der Waals surface area (Å²) in [6.45, 7) is 7.71. The standard InChI is InChI=1S/C24H37N5O5S/c1-2-29(14-7-13-28-15-17-34-18-16-28)35(32,33)19-6-4-3-5-10-26-21-22(24(31)23(21)30)27-20-8-11-25-12-9-20/h8-9,11-12,26H,2-7,10,13-19H2,1H3,(H,25,27). The molecule has 0 bridgehead atoms. The highest BCUT2D eigenvalue weighted by Gasteiger charge is 2.21. The van der Waals surface area contributed by atoms with Gasteiger partial charge >= 0.3 is 0 Å². The molecule has 194 valence electrons. The summed E-state index contributed by atoms with van der Waals surface area (Å²) in [5, 5.41) is 6.01. The highest BCUT2D eigenvalue weighted by atomic mass is 32.2. The maximum Gasteiger partial charge on any atom is 0.253 e. The van der Waals surface area contributed by atoms with Crippen molar-refractivity contribution in [2.45, 2.75) is 39.0 Å². The van der Waals surface area contributed by atoms with Crippen molar-refractivity contribution in [2.24, 2.45) is 0 Å². The fraction of sp³-hybridized carbons (Fsp3) is 0.625. The summed E-state index contributed by atoms with van der Waals surface area (Å²) in [7, 11) is -3.25. The Bertz CT molecular complexity index is 1080. The minimum absolute atomic E-state index is 0.157. The Morgan fingerprint density at radius 3 is 2.40 bits per heavy atom. The third-order valence-corrected chi connectivity index (χ3v) is 8.25. The fourth-order valence-electron chi connectivity index (χ4n) is 4.15. The molecule has 0 spiro atoms. The summed E-state index contributed by atoms with van der Waals surface area (Å²) < 4.78 is 32.4. The number of morpholine rings is 1. The number of pyridine rings is 1. The molecular weight excluding hydrogens is 470 g/mol. The summed E-state index contributed by atoms with van der Waals surface area (Å²) in [5.74, 6) is 0.157. The van der Waals surface area contributed by atoms with Gasteiger partial charge in [-0.3, -0.25) is 19.5 Å². The van der Waals surface area contributed by atoms with Gasteiger partial charge in [0.2, 0.25) is 10.0 Å². The topological polar surface area (TPSA) is 121 Å². The van der Waals surface area contributed by atoms with Gasteiger partial charge in [-0.05, 0) is 37.9 Å². The molecule has 2 aromatic rings. The molecule has 0 saturated carbocycles. The highest BCUT2D eigenvalue weighted by molar-refractivity contribution is 7.89. The van der Waals surface area contributed by atoms with Crippen LogP contribution >= 0.6 is 0 Å². The van der Waals surface area contributed by atoms with E-state index in [1.807, 2.05) is 6.92 Å². The molecule has 11 heteroatoms. The molecule has 0 aliphatic carbocycles. The van der Waals surface area contributed by atoms with E-state index in [1.165, 1.54) is 0 Å². The van der Waals surface area contributed by atoms with Crippen LogP contribution in [-0.2, 0) is 14.8 Å². The first-order valence-corrected chi connectivity index (χ1v) is 14.1. The van der Waals surface area contributed by atoms with Crippen molar-refractivity contribution in [3.63, 3.8) is 0 Å². The van der Waals surface area contributed by atoms with E-state index in [1.54, 1.807) is 28.8 Å². The van der Waals surface area contributed by atoms with Crippen molar-refractivity contribution < 1.29 is 13.2 Å². The lowest BCUT2D eigenvalue weighted by molar-refractivity contribution is 0.0369. The quantitative estimate of drug-likeness (QED) is 0.259. The summed E-state index contributed by atoms with van der Waals surface area (Å²) >= 11 is 0. The molecule has 0 atom stereocenters. The molecule has 3 rings (SSSR count). The number of hydrogen-bond donors (Lipinski definition) is 2. The second-order valence-corrected chi connectivity index (χ2v) is 10.8. The van der Waals surface area contributed by atoms with Gasteiger partial charge in [-0.15, -0.1) is 0 Å². The largest absolute Gasteiger partial charge is 0.380 e. The first-order valence-electron chi connectivity index (χ1n) is 12.4. The van der Waals surface area contributed by atoms with E-state index in [4.69, 9.17) is 4.74 Å². The SMILES string of the molecule is CCN(CCCN1CCOCC1)S(=O)(=O)CCCCCCNc1c(Nc2ccncc2)c(=O)c1=O. The minimum Gasteiger partial charge on any atom is -0.380 e. The van der Waals surface area contributed by atoms with Crippen LogP contribution in [-0.4, -0.2) is 80.8 Å². The molecule has 35 heavy (non-hydrogen) atoms. The summed E-state index contributed by atoms with van der Waals surface area (Å²) in [4.78, 5) is 30.0. The number of anilines is 3. The van der Waals surface area contributed by atoms with Crippen LogP contribution in [0.5, 0.6) is 0 Å². The molecule has 1 aliphatic rings. The normalized spacial score (nSPS) is 15.0. The predicted octanol–water partition coefficient (Wildman–Crippen LogP) is 1.77. The van der Waals surface area contributed by atoms with Crippen molar-refractivity contribution in [2.75, 3.05) is 68.9 Å². The minimum atomic E-state index is -3.25. The summed E-state index contributed by atoms with van der Waals surface area (Å²) in [6.07, 6.45) is 7.06. The maximum atomic E-state index is 12.7. The average molecular weight is 508 g/mol. The first-order chi connectivity index (χ1) is 16.9. The predicted molar refractivity (Wildman–Crippen MR) is 139 cm³/mol. The van der Waals surface area contributed by atoms with Crippen LogP contribution in [0.3, 0.4) is 0 Å². The summed E-state index contributed by atoms with van der Waals surface area (Å²) in [6, 6.07) is 3.44. The maximum absolute atomic E-state index is 12.7. The van der Waals surface area contributed by atoms with Crippen molar-refractivity contribution in [3.05, 3.63) is 45.0 Å². The molecule has 1 aromatic heterocycles. The number of nitrogens with one attached hydrogen (secondary N) is 2. The van der Waals surface area contributed by atoms with E-state index >= 15 is 0 Å². The monoisotopic (exact) mass is 507 g/mol. The van der Waals surface area contributed by atoms with Gasteiger partial charge in [-0.25, -0.2) is 12.7 Å². The lowest BCUT2D eigenvalue weighted by Crippen LogP contribution is -2.39. The lowest BCUT2D eigenvalue weighted by Gasteiger charge is -2.27. The van der Waals surface area contributed by atoms with E-state index in [9.17, 15) is 18.0 Å². The second kappa shape index (κ2) is 13.7. The number of hydrogen-bond acceptors (Lipinski definition) is 9. The van der Waals surface area contributed by atoms with E-state index < -0.39 is 20.9 Å². The van der Waals surface area contributed by atoms with Gasteiger partial charge in [-0.1, -0.05) is 19.8 Å². The Balaban J connectivity index is 1.31. The number of ether oxygens (including phenoxy) is 1. The Kier molecular flexibility index (Phi) is 10.6. The van der Waals surface area contributed by atoms with E-state index in [-0.39, 0.29) is 11.4 Å². The number of unbranched alkanes of at least 4 members (excludes halogenated alkanes) is 3. The molecule has 1 aliphatic heterocycles. The Hall–Kier alpha value is -2.34. The third-order valence-electron chi connectivity index (χ3n) is 6.22. The Morgan fingerprint density at radius 2 is 1.69 bits per heavy atom. The lowest BCUT2D eigenvalue weighted by atomic mass is 10.1. The van der Waals surface area contributed by atoms with Crippen LogP contribution in [0.2, 0.25) is 0 Å². The van der Waals surface area contributed by atoms with Crippen molar-refractivity contribution in [1.29, 1.82) is 0 Å². The average Bonchev–Trinajstić information content (AvgIpc) is 2.88. The molecule has 0 amide bonds. The Labute approximate surface area is 207 Å². The zero-order valence-electron chi connectivity index (χ0n) is 20.5. The van der Waals surface area contributed by atoms with Crippen molar-refractivity contribution in [3.8, 4) is 0 Å². The number of sulfonamides is 1. The highest BCUT2D eigenvalue weighted by Crippen LogP contribution is 2.20. The van der Waals surface area contributed by atoms with Crippen molar-refractivity contribution in [1.82, 2.24) is 14.2 Å². The van der Waals surface area contributed by atoms with Gasteiger partial charge < -0.3 is 15.4 Å². The van der Waals surface area contributed by atoms with Gasteiger partial charge in [-0.2, -0.15) is 0 Å². The van der Waals surface area contributed by atoms with Crippen LogP contribution < -0.4 is 21.5 Å². The number of nitrogens with zero attached hydrogens (tertiary/aromatic N) is 3. The number of rotatable bonds is 16. The van der Waals surface area contributed by atoms with Crippen LogP contribution in [0.1, 0.15) is 39.0 Å². The molecule has 0 unspecified atom stereocenters. The van der Waals surface area contributed by atoms with Gasteiger partial charge in [0, 0.05) is 50.8 Å². The number of aromatic nitrogens is 1. The molecule has 1 saturated heterocycles. The molecular formula is C24H37N5O5S. The molecule has 10 nitrogen and oxygen atoms in total. The third kappa shape index (κ3) is 8.09. The molecule has 2 N–H and O–H groups in total. The zero-order valence-corrected chi connectivity index (χ0v) is 21.3. The van der Waals surface area contributed by atoms with Gasteiger partial charge in [0.25, 0.3) is 10.9 Å². The first kappa shape index (κ1) is 27.3. The summed E-state index contributed by atoms with van der Waals surface area (Å²) in [5.41, 5.74) is 0.241. The Morgan fingerprint density at radius 1 is 1.00 bits per heavy atom. The van der Waals surface area contributed by atoms with Gasteiger partial charge in [0.1, 0.15) is 11.4 Å². The fourth-order valence-corrected chi connectivity index (χ4v) is 5.78. The van der Waals surface area contributed by atoms with Gasteiger partial charge in [0.15, 0.2) is 0 Å². The van der Waals surface area contributed by atoms with E-state index in [0.29, 0.717) is 37.4 Å². The van der Waals surface area contributed by atoms with Crippen LogP contribution in [0, 0.1) is 0 Å². The molecule has 1 fully saturated rings. The zero-order chi connectivity index (χ0) is 25.1. The van der Waals surface area contributed by atoms with Crippen molar-refractivity contribution >= 4 is 27.1 Å². The van der Waals surface area contributed by atoms with E-state index in [0.717, 1.165) is 58.5 Å². The van der Waals surface area contributed by atoms with E-state index in [2.05, 4.69) is 20.5 Å². The molecule has 2 heterocycles. The van der Waals surface area contributed by atoms with Crippen LogP contribution in [0.25, 0.3) is 0 Å².